The summed E-state index contributed by atoms with van der Waals surface area (Å²) >= 11 is 1.73. The van der Waals surface area contributed by atoms with Crippen LogP contribution in [-0.4, -0.2) is 25.8 Å². The number of hydrogen-bond donors (Lipinski definition) is 1. The zero-order chi connectivity index (χ0) is 19.7. The van der Waals surface area contributed by atoms with E-state index in [2.05, 4.69) is 16.2 Å². The van der Waals surface area contributed by atoms with Crippen LogP contribution in [0.1, 0.15) is 33.8 Å². The van der Waals surface area contributed by atoms with Gasteiger partial charge in [0.15, 0.2) is 0 Å². The van der Waals surface area contributed by atoms with Gasteiger partial charge in [0.05, 0.1) is 10.9 Å². The molecule has 7 heteroatoms. The van der Waals surface area contributed by atoms with E-state index in [4.69, 9.17) is 0 Å². The number of para-hydroxylation sites is 1. The summed E-state index contributed by atoms with van der Waals surface area (Å²) < 4.78 is 27.6. The van der Waals surface area contributed by atoms with Gasteiger partial charge in [-0.15, -0.1) is 11.3 Å². The topological polar surface area (TPSA) is 66.5 Å². The lowest BCUT2D eigenvalue weighted by Crippen LogP contribution is -2.38. The van der Waals surface area contributed by atoms with Crippen LogP contribution in [-0.2, 0) is 16.4 Å². The van der Waals surface area contributed by atoms with Crippen molar-refractivity contribution in [2.24, 2.45) is 0 Å². The third-order valence-corrected chi connectivity index (χ3v) is 7.37. The Morgan fingerprint density at radius 2 is 1.79 bits per heavy atom. The molecule has 28 heavy (non-hydrogen) atoms. The van der Waals surface area contributed by atoms with Crippen molar-refractivity contribution in [3.63, 3.8) is 0 Å². The molecule has 3 aromatic rings. The highest BCUT2D eigenvalue weighted by Crippen LogP contribution is 2.33. The summed E-state index contributed by atoms with van der Waals surface area (Å²) in [5.41, 5.74) is 2.19. The van der Waals surface area contributed by atoms with Crippen molar-refractivity contribution < 1.29 is 13.2 Å². The van der Waals surface area contributed by atoms with Crippen molar-refractivity contribution in [1.29, 1.82) is 0 Å². The van der Waals surface area contributed by atoms with Crippen molar-refractivity contribution in [3.05, 3.63) is 82.0 Å². The molecule has 4 rings (SSSR count). The molecule has 1 atom stereocenters. The molecule has 1 aliphatic rings. The minimum atomic E-state index is -3.70. The number of carbonyl (C=O) groups is 1. The summed E-state index contributed by atoms with van der Waals surface area (Å²) in [5.74, 6) is -0.0793. The van der Waals surface area contributed by atoms with E-state index in [1.54, 1.807) is 47.7 Å². The Labute approximate surface area is 168 Å². The second-order valence-electron chi connectivity index (χ2n) is 6.72. The van der Waals surface area contributed by atoms with Gasteiger partial charge in [0, 0.05) is 22.7 Å². The number of carbonyl (C=O) groups excluding carboxylic acids is 1. The summed E-state index contributed by atoms with van der Waals surface area (Å²) in [6.45, 7) is 2.70. The molecule has 0 spiro atoms. The molecule has 144 valence electrons. The van der Waals surface area contributed by atoms with Crippen LogP contribution in [0.25, 0.3) is 0 Å². The van der Waals surface area contributed by atoms with Crippen LogP contribution in [0.3, 0.4) is 0 Å². The third kappa shape index (κ3) is 3.55. The summed E-state index contributed by atoms with van der Waals surface area (Å²) in [7, 11) is -3.70. The largest absolute Gasteiger partial charge is 0.331 e. The smallest absolute Gasteiger partial charge is 0.261 e. The first kappa shape index (κ1) is 18.7. The van der Waals surface area contributed by atoms with Gasteiger partial charge in [-0.25, -0.2) is 8.42 Å². The molecule has 1 amide bonds. The van der Waals surface area contributed by atoms with E-state index in [1.807, 2.05) is 17.9 Å². The average molecular weight is 413 g/mol. The van der Waals surface area contributed by atoms with E-state index in [-0.39, 0.29) is 16.8 Å². The van der Waals surface area contributed by atoms with Crippen molar-refractivity contribution in [1.82, 2.24) is 4.90 Å². The number of sulfonamides is 1. The van der Waals surface area contributed by atoms with Crippen LogP contribution >= 0.6 is 11.3 Å². The van der Waals surface area contributed by atoms with Gasteiger partial charge in [0.2, 0.25) is 0 Å². The van der Waals surface area contributed by atoms with Crippen molar-refractivity contribution in [2.45, 2.75) is 24.3 Å². The SMILES string of the molecule is C[C@H]1c2ccsc2CCN1C(=O)c1ccc(S(=O)(=O)Nc2ccccc2)cc1. The van der Waals surface area contributed by atoms with Crippen molar-refractivity contribution in [2.75, 3.05) is 11.3 Å². The number of anilines is 1. The zero-order valence-corrected chi connectivity index (χ0v) is 17.0. The zero-order valence-electron chi connectivity index (χ0n) is 15.3. The maximum absolute atomic E-state index is 13.0. The Balaban J connectivity index is 1.52. The van der Waals surface area contributed by atoms with E-state index < -0.39 is 10.0 Å². The van der Waals surface area contributed by atoms with Gasteiger partial charge in [-0.05, 0) is 66.8 Å². The Hall–Kier alpha value is -2.64. The molecule has 0 saturated carbocycles. The van der Waals surface area contributed by atoms with Gasteiger partial charge in [-0.1, -0.05) is 18.2 Å². The quantitative estimate of drug-likeness (QED) is 0.694. The highest BCUT2D eigenvalue weighted by Gasteiger charge is 2.29. The molecule has 0 saturated heterocycles. The van der Waals surface area contributed by atoms with E-state index in [1.165, 1.54) is 22.6 Å². The lowest BCUT2D eigenvalue weighted by Gasteiger charge is -2.33. The summed E-state index contributed by atoms with van der Waals surface area (Å²) in [4.78, 5) is 16.3. The summed E-state index contributed by atoms with van der Waals surface area (Å²) in [5, 5.41) is 2.06. The second kappa shape index (κ2) is 7.41. The fraction of sp³-hybridized carbons (Fsp3) is 0.190. The molecule has 1 N–H and O–H groups in total. The van der Waals surface area contributed by atoms with Gasteiger partial charge in [0.1, 0.15) is 0 Å². The van der Waals surface area contributed by atoms with Gasteiger partial charge in [-0.2, -0.15) is 0 Å². The highest BCUT2D eigenvalue weighted by atomic mass is 32.2. The lowest BCUT2D eigenvalue weighted by atomic mass is 10.0. The van der Waals surface area contributed by atoms with Crippen molar-refractivity contribution >= 4 is 33.0 Å². The molecular formula is C21H20N2O3S2. The number of benzene rings is 2. The maximum Gasteiger partial charge on any atom is 0.261 e. The lowest BCUT2D eigenvalue weighted by molar-refractivity contribution is 0.0679. The van der Waals surface area contributed by atoms with Gasteiger partial charge in [0.25, 0.3) is 15.9 Å². The normalized spacial score (nSPS) is 16.5. The van der Waals surface area contributed by atoms with E-state index in [0.717, 1.165) is 6.42 Å². The van der Waals surface area contributed by atoms with Crippen LogP contribution < -0.4 is 4.72 Å². The molecule has 2 heterocycles. The third-order valence-electron chi connectivity index (χ3n) is 4.98. The number of nitrogens with zero attached hydrogens (tertiary/aromatic N) is 1. The number of nitrogens with one attached hydrogen (secondary N) is 1. The molecule has 0 aliphatic carbocycles. The molecule has 0 radical (unpaired) electrons. The van der Waals surface area contributed by atoms with Gasteiger partial charge in [-0.3, -0.25) is 9.52 Å². The Morgan fingerprint density at radius 3 is 2.50 bits per heavy atom. The van der Waals surface area contributed by atoms with Gasteiger partial charge >= 0.3 is 0 Å². The number of fused-ring (bicyclic) bond motifs is 1. The minimum Gasteiger partial charge on any atom is -0.331 e. The minimum absolute atomic E-state index is 0.0191. The number of hydrogen-bond acceptors (Lipinski definition) is 4. The predicted octanol–water partition coefficient (Wildman–Crippen LogP) is 4.31. The van der Waals surface area contributed by atoms with Gasteiger partial charge < -0.3 is 4.90 Å². The second-order valence-corrected chi connectivity index (χ2v) is 9.40. The standard InChI is InChI=1S/C21H20N2O3S2/c1-15-19-12-14-27-20(19)11-13-23(15)21(24)16-7-9-18(10-8-16)28(25,26)22-17-5-3-2-4-6-17/h2-10,12,14-15,22H,11,13H2,1H3/t15-/m0/s1. The first-order valence-electron chi connectivity index (χ1n) is 9.01. The van der Waals surface area contributed by atoms with E-state index in [9.17, 15) is 13.2 Å². The van der Waals surface area contributed by atoms with Crippen LogP contribution in [0, 0.1) is 0 Å². The molecular weight excluding hydrogens is 392 g/mol. The van der Waals surface area contributed by atoms with E-state index in [0.29, 0.717) is 17.8 Å². The fourth-order valence-electron chi connectivity index (χ4n) is 3.45. The maximum atomic E-state index is 13.0. The Kier molecular flexibility index (Phi) is 4.95. The Bertz CT molecular complexity index is 1090. The number of amides is 1. The number of thiophene rings is 1. The highest BCUT2D eigenvalue weighted by molar-refractivity contribution is 7.92. The molecule has 1 aromatic heterocycles. The summed E-state index contributed by atoms with van der Waals surface area (Å²) in [6.07, 6.45) is 0.858. The molecule has 0 unspecified atom stereocenters. The molecule has 5 nitrogen and oxygen atoms in total. The molecule has 0 bridgehead atoms. The number of rotatable bonds is 4. The Morgan fingerprint density at radius 1 is 1.07 bits per heavy atom. The molecule has 2 aromatic carbocycles. The van der Waals surface area contributed by atoms with Crippen LogP contribution in [0.5, 0.6) is 0 Å². The molecule has 1 aliphatic heterocycles. The van der Waals surface area contributed by atoms with Crippen LogP contribution in [0.2, 0.25) is 0 Å². The first-order valence-corrected chi connectivity index (χ1v) is 11.4. The van der Waals surface area contributed by atoms with Crippen molar-refractivity contribution in [3.8, 4) is 0 Å². The molecule has 0 fully saturated rings. The monoisotopic (exact) mass is 412 g/mol. The van der Waals surface area contributed by atoms with Crippen LogP contribution in [0.4, 0.5) is 5.69 Å². The first-order chi connectivity index (χ1) is 13.5. The van der Waals surface area contributed by atoms with E-state index >= 15 is 0 Å². The average Bonchev–Trinajstić information content (AvgIpc) is 3.18. The predicted molar refractivity (Wildman–Crippen MR) is 111 cm³/mol. The fourth-order valence-corrected chi connectivity index (χ4v) is 5.47. The van der Waals surface area contributed by atoms with Crippen LogP contribution in [0.15, 0.2) is 70.9 Å². The summed E-state index contributed by atoms with van der Waals surface area (Å²) in [6, 6.07) is 16.9.